The molecular formula is C15H19N5S. The average molecular weight is 301 g/mol. The number of anilines is 1. The first-order chi connectivity index (χ1) is 10.1. The van der Waals surface area contributed by atoms with Gasteiger partial charge < -0.3 is 5.32 Å². The van der Waals surface area contributed by atoms with Crippen LogP contribution in [0.25, 0.3) is 11.0 Å². The van der Waals surface area contributed by atoms with Gasteiger partial charge in [0.2, 0.25) is 0 Å². The third-order valence-electron chi connectivity index (χ3n) is 3.43. The normalized spacial score (nSPS) is 13.0. The minimum absolute atomic E-state index is 0.262. The number of hydrogen-bond donors (Lipinski definition) is 1. The SMILES string of the molecule is CC(C)CC(Nc1ncnc2cnn(C)c12)c1cccs1. The van der Waals surface area contributed by atoms with E-state index in [1.54, 1.807) is 23.9 Å². The summed E-state index contributed by atoms with van der Waals surface area (Å²) >= 11 is 1.78. The Balaban J connectivity index is 1.96. The van der Waals surface area contributed by atoms with E-state index in [1.165, 1.54) is 4.88 Å². The van der Waals surface area contributed by atoms with Gasteiger partial charge in [-0.3, -0.25) is 4.68 Å². The van der Waals surface area contributed by atoms with Crippen molar-refractivity contribution in [2.75, 3.05) is 5.32 Å². The van der Waals surface area contributed by atoms with Crippen molar-refractivity contribution in [3.63, 3.8) is 0 Å². The van der Waals surface area contributed by atoms with Crippen LogP contribution in [-0.4, -0.2) is 19.7 Å². The lowest BCUT2D eigenvalue weighted by Gasteiger charge is -2.20. The number of aromatic nitrogens is 4. The van der Waals surface area contributed by atoms with Crippen molar-refractivity contribution >= 4 is 28.2 Å². The van der Waals surface area contributed by atoms with Crippen molar-refractivity contribution in [3.8, 4) is 0 Å². The smallest absolute Gasteiger partial charge is 0.156 e. The number of fused-ring (bicyclic) bond motifs is 1. The van der Waals surface area contributed by atoms with Gasteiger partial charge in [-0.05, 0) is 23.8 Å². The summed E-state index contributed by atoms with van der Waals surface area (Å²) in [5, 5.41) is 9.96. The third kappa shape index (κ3) is 2.90. The van der Waals surface area contributed by atoms with Gasteiger partial charge >= 0.3 is 0 Å². The van der Waals surface area contributed by atoms with E-state index in [2.05, 4.69) is 51.7 Å². The van der Waals surface area contributed by atoms with Crippen LogP contribution in [0.15, 0.2) is 30.0 Å². The van der Waals surface area contributed by atoms with E-state index >= 15 is 0 Å². The highest BCUT2D eigenvalue weighted by molar-refractivity contribution is 7.10. The molecule has 3 aromatic rings. The predicted molar refractivity (Wildman–Crippen MR) is 86.4 cm³/mol. The summed E-state index contributed by atoms with van der Waals surface area (Å²) in [6.45, 7) is 4.48. The second-order valence-electron chi connectivity index (χ2n) is 5.57. The summed E-state index contributed by atoms with van der Waals surface area (Å²) in [6, 6.07) is 4.53. The molecule has 1 atom stereocenters. The standard InChI is InChI=1S/C15H19N5S/c1-10(2)7-11(13-5-4-6-21-13)19-15-14-12(16-9-17-15)8-18-20(14)3/h4-6,8-11H,7H2,1-3H3,(H,16,17,19). The largest absolute Gasteiger partial charge is 0.361 e. The van der Waals surface area contributed by atoms with E-state index in [-0.39, 0.29) is 6.04 Å². The van der Waals surface area contributed by atoms with Crippen molar-refractivity contribution < 1.29 is 0 Å². The molecule has 1 N–H and O–H groups in total. The van der Waals surface area contributed by atoms with Crippen LogP contribution in [0, 0.1) is 5.92 Å². The maximum atomic E-state index is 4.42. The molecule has 110 valence electrons. The highest BCUT2D eigenvalue weighted by atomic mass is 32.1. The molecule has 0 fully saturated rings. The molecule has 0 amide bonds. The van der Waals surface area contributed by atoms with Gasteiger partial charge in [0.1, 0.15) is 17.4 Å². The molecule has 21 heavy (non-hydrogen) atoms. The molecule has 3 heterocycles. The number of nitrogens with zero attached hydrogens (tertiary/aromatic N) is 4. The van der Waals surface area contributed by atoms with Crippen LogP contribution in [0.3, 0.4) is 0 Å². The van der Waals surface area contributed by atoms with Gasteiger partial charge in [-0.15, -0.1) is 11.3 Å². The van der Waals surface area contributed by atoms with Gasteiger partial charge in [-0.1, -0.05) is 19.9 Å². The molecule has 0 saturated heterocycles. The van der Waals surface area contributed by atoms with Gasteiger partial charge in [-0.25, -0.2) is 9.97 Å². The highest BCUT2D eigenvalue weighted by Gasteiger charge is 2.17. The summed E-state index contributed by atoms with van der Waals surface area (Å²) < 4.78 is 1.82. The fourth-order valence-electron chi connectivity index (χ4n) is 2.48. The van der Waals surface area contributed by atoms with Crippen molar-refractivity contribution in [3.05, 3.63) is 34.9 Å². The highest BCUT2D eigenvalue weighted by Crippen LogP contribution is 2.30. The Bertz CT molecular complexity index is 717. The van der Waals surface area contributed by atoms with Crippen LogP contribution >= 0.6 is 11.3 Å². The van der Waals surface area contributed by atoms with E-state index < -0.39 is 0 Å². The van der Waals surface area contributed by atoms with Crippen LogP contribution in [0.4, 0.5) is 5.82 Å². The predicted octanol–water partition coefficient (Wildman–Crippen LogP) is 3.62. The van der Waals surface area contributed by atoms with Crippen LogP contribution in [0.5, 0.6) is 0 Å². The molecule has 0 bridgehead atoms. The molecule has 6 heteroatoms. The number of nitrogens with one attached hydrogen (secondary N) is 1. The molecule has 1 unspecified atom stereocenters. The summed E-state index contributed by atoms with van der Waals surface area (Å²) in [5.41, 5.74) is 1.81. The molecule has 0 saturated carbocycles. The number of aryl methyl sites for hydroxylation is 1. The van der Waals surface area contributed by atoms with Gasteiger partial charge in [-0.2, -0.15) is 5.10 Å². The van der Waals surface area contributed by atoms with Crippen LogP contribution in [0.1, 0.15) is 31.2 Å². The van der Waals surface area contributed by atoms with E-state index in [0.29, 0.717) is 5.92 Å². The fourth-order valence-corrected chi connectivity index (χ4v) is 3.27. The Morgan fingerprint density at radius 3 is 2.90 bits per heavy atom. The summed E-state index contributed by atoms with van der Waals surface area (Å²) in [7, 11) is 1.92. The molecule has 0 spiro atoms. The van der Waals surface area contributed by atoms with Gasteiger partial charge in [0, 0.05) is 11.9 Å². The number of thiophene rings is 1. The van der Waals surface area contributed by atoms with Crippen molar-refractivity contribution in [1.29, 1.82) is 0 Å². The van der Waals surface area contributed by atoms with E-state index in [9.17, 15) is 0 Å². The van der Waals surface area contributed by atoms with Crippen molar-refractivity contribution in [2.45, 2.75) is 26.3 Å². The van der Waals surface area contributed by atoms with E-state index in [4.69, 9.17) is 0 Å². The lowest BCUT2D eigenvalue weighted by Crippen LogP contribution is -2.14. The minimum Gasteiger partial charge on any atom is -0.361 e. The molecule has 0 aromatic carbocycles. The Hall–Kier alpha value is -1.95. The topological polar surface area (TPSA) is 55.6 Å². The van der Waals surface area contributed by atoms with E-state index in [0.717, 1.165) is 23.3 Å². The first-order valence-corrected chi connectivity index (χ1v) is 7.95. The zero-order valence-electron chi connectivity index (χ0n) is 12.4. The molecule has 5 nitrogen and oxygen atoms in total. The van der Waals surface area contributed by atoms with Gasteiger partial charge in [0.15, 0.2) is 5.82 Å². The minimum atomic E-state index is 0.262. The number of rotatable bonds is 5. The first kappa shape index (κ1) is 14.0. The average Bonchev–Trinajstić information content (AvgIpc) is 3.08. The summed E-state index contributed by atoms with van der Waals surface area (Å²) in [6.07, 6.45) is 4.42. The lowest BCUT2D eigenvalue weighted by molar-refractivity contribution is 0.534. The van der Waals surface area contributed by atoms with Gasteiger partial charge in [0.05, 0.1) is 12.2 Å². The zero-order valence-corrected chi connectivity index (χ0v) is 13.3. The van der Waals surface area contributed by atoms with Crippen molar-refractivity contribution in [2.24, 2.45) is 13.0 Å². The maximum absolute atomic E-state index is 4.42. The Morgan fingerprint density at radius 1 is 1.33 bits per heavy atom. The quantitative estimate of drug-likeness (QED) is 0.782. The third-order valence-corrected chi connectivity index (χ3v) is 4.42. The molecule has 0 aliphatic heterocycles. The van der Waals surface area contributed by atoms with Gasteiger partial charge in [0.25, 0.3) is 0 Å². The monoisotopic (exact) mass is 301 g/mol. The fraction of sp³-hybridized carbons (Fsp3) is 0.400. The molecule has 0 radical (unpaired) electrons. The second-order valence-corrected chi connectivity index (χ2v) is 6.55. The van der Waals surface area contributed by atoms with E-state index in [1.807, 2.05) is 11.7 Å². The summed E-state index contributed by atoms with van der Waals surface area (Å²) in [5.74, 6) is 1.45. The molecular weight excluding hydrogens is 282 g/mol. The Labute approximate surface area is 128 Å². The molecule has 3 aromatic heterocycles. The van der Waals surface area contributed by atoms with Crippen LogP contribution in [-0.2, 0) is 7.05 Å². The lowest BCUT2D eigenvalue weighted by atomic mass is 10.0. The second kappa shape index (κ2) is 5.81. The Kier molecular flexibility index (Phi) is 3.88. The Morgan fingerprint density at radius 2 is 2.19 bits per heavy atom. The number of hydrogen-bond acceptors (Lipinski definition) is 5. The zero-order chi connectivity index (χ0) is 14.8. The van der Waals surface area contributed by atoms with Crippen LogP contribution in [0.2, 0.25) is 0 Å². The van der Waals surface area contributed by atoms with Crippen molar-refractivity contribution in [1.82, 2.24) is 19.7 Å². The molecule has 0 aliphatic carbocycles. The summed E-state index contributed by atoms with van der Waals surface area (Å²) in [4.78, 5) is 10.0. The van der Waals surface area contributed by atoms with Crippen LogP contribution < -0.4 is 5.32 Å². The maximum Gasteiger partial charge on any atom is 0.156 e. The molecule has 3 rings (SSSR count). The first-order valence-electron chi connectivity index (χ1n) is 7.08. The molecule has 0 aliphatic rings.